The Kier molecular flexibility index (Phi) is 2.71. The van der Waals surface area contributed by atoms with E-state index in [1.807, 2.05) is 18.5 Å². The summed E-state index contributed by atoms with van der Waals surface area (Å²) >= 11 is 0. The van der Waals surface area contributed by atoms with Crippen LogP contribution >= 0.6 is 0 Å². The van der Waals surface area contributed by atoms with Crippen LogP contribution in [0.4, 0.5) is 0 Å². The second kappa shape index (κ2) is 4.01. The van der Waals surface area contributed by atoms with Gasteiger partial charge in [0.25, 0.3) is 0 Å². The molecule has 80 valence electrons. The number of carbonyl (C=O) groups is 1. The second-order valence-electron chi connectivity index (χ2n) is 4.19. The average Bonchev–Trinajstić information content (AvgIpc) is 2.78. The Bertz CT molecular complexity index is 396. The summed E-state index contributed by atoms with van der Waals surface area (Å²) < 4.78 is 1.97. The van der Waals surface area contributed by atoms with Crippen LogP contribution in [0, 0.1) is 19.8 Å². The summed E-state index contributed by atoms with van der Waals surface area (Å²) in [7, 11) is 0. The van der Waals surface area contributed by atoms with E-state index in [9.17, 15) is 4.79 Å². The predicted octanol–water partition coefficient (Wildman–Crippen LogP) is 2.28. The molecule has 0 aromatic carbocycles. The predicted molar refractivity (Wildman–Crippen MR) is 59.0 cm³/mol. The number of hydrogen-bond donors (Lipinski definition) is 0. The summed E-state index contributed by atoms with van der Waals surface area (Å²) in [4.78, 5) is 10.8. The second-order valence-corrected chi connectivity index (χ2v) is 4.19. The van der Waals surface area contributed by atoms with Crippen LogP contribution < -0.4 is 0 Å². The molecule has 15 heavy (non-hydrogen) atoms. The van der Waals surface area contributed by atoms with E-state index in [0.717, 1.165) is 42.6 Å². The van der Waals surface area contributed by atoms with Crippen molar-refractivity contribution in [2.75, 3.05) is 0 Å². The molecule has 3 nitrogen and oxygen atoms in total. The first kappa shape index (κ1) is 10.1. The third-order valence-corrected chi connectivity index (χ3v) is 3.09. The number of aromatic nitrogens is 2. The minimum atomic E-state index is 0.655. The lowest BCUT2D eigenvalue weighted by atomic mass is 10.1. The molecular formula is C12H16N2O. The minimum Gasteiger partial charge on any atom is -0.298 e. The molecule has 0 aliphatic heterocycles. The standard InChI is InChI=1S/C12H16N2O/c1-9-12(8-15)10(2)14(13-9)7-11-5-3-4-6-11/h3-4,8,11H,5-7H2,1-2H3. The summed E-state index contributed by atoms with van der Waals surface area (Å²) in [6.07, 6.45) is 7.61. The van der Waals surface area contributed by atoms with Crippen LogP contribution in [0.25, 0.3) is 0 Å². The number of allylic oxidation sites excluding steroid dienone is 2. The number of hydrogen-bond acceptors (Lipinski definition) is 2. The fourth-order valence-electron chi connectivity index (χ4n) is 2.13. The maximum absolute atomic E-state index is 10.8. The number of nitrogens with zero attached hydrogens (tertiary/aromatic N) is 2. The van der Waals surface area contributed by atoms with Crippen molar-refractivity contribution in [1.82, 2.24) is 9.78 Å². The zero-order valence-corrected chi connectivity index (χ0v) is 9.23. The molecule has 0 unspecified atom stereocenters. The van der Waals surface area contributed by atoms with Crippen molar-refractivity contribution < 1.29 is 4.79 Å². The third kappa shape index (κ3) is 1.87. The fraction of sp³-hybridized carbons (Fsp3) is 0.500. The lowest BCUT2D eigenvalue weighted by Gasteiger charge is -2.10. The lowest BCUT2D eigenvalue weighted by Crippen LogP contribution is -2.10. The molecule has 0 saturated heterocycles. The van der Waals surface area contributed by atoms with Crippen LogP contribution in [0.5, 0.6) is 0 Å². The van der Waals surface area contributed by atoms with Gasteiger partial charge in [-0.1, -0.05) is 12.2 Å². The molecule has 0 atom stereocenters. The Morgan fingerprint density at radius 2 is 2.13 bits per heavy atom. The Labute approximate surface area is 89.8 Å². The van der Waals surface area contributed by atoms with Gasteiger partial charge in [0.1, 0.15) is 0 Å². The first-order valence-corrected chi connectivity index (χ1v) is 5.36. The van der Waals surface area contributed by atoms with E-state index in [2.05, 4.69) is 17.3 Å². The molecular weight excluding hydrogens is 188 g/mol. The first-order valence-electron chi connectivity index (χ1n) is 5.36. The van der Waals surface area contributed by atoms with E-state index < -0.39 is 0 Å². The van der Waals surface area contributed by atoms with E-state index in [-0.39, 0.29) is 0 Å². The van der Waals surface area contributed by atoms with Crippen LogP contribution in [0.15, 0.2) is 12.2 Å². The number of aldehydes is 1. The van der Waals surface area contributed by atoms with Crippen LogP contribution in [0.1, 0.15) is 34.6 Å². The smallest absolute Gasteiger partial charge is 0.153 e. The molecule has 1 aliphatic carbocycles. The Balaban J connectivity index is 2.17. The molecule has 0 amide bonds. The molecule has 0 radical (unpaired) electrons. The molecule has 1 aliphatic rings. The number of carbonyl (C=O) groups excluding carboxylic acids is 1. The van der Waals surface area contributed by atoms with Gasteiger partial charge in [0.15, 0.2) is 6.29 Å². The largest absolute Gasteiger partial charge is 0.298 e. The van der Waals surface area contributed by atoms with Crippen molar-refractivity contribution >= 4 is 6.29 Å². The van der Waals surface area contributed by atoms with Gasteiger partial charge in [0.05, 0.1) is 11.3 Å². The SMILES string of the molecule is Cc1nn(CC2CC=CC2)c(C)c1C=O. The van der Waals surface area contributed by atoms with Crippen molar-refractivity contribution in [1.29, 1.82) is 0 Å². The van der Waals surface area contributed by atoms with Crippen LogP contribution in [-0.2, 0) is 6.54 Å². The van der Waals surface area contributed by atoms with Crippen molar-refractivity contribution in [2.24, 2.45) is 5.92 Å². The zero-order chi connectivity index (χ0) is 10.8. The molecule has 2 rings (SSSR count). The molecule has 0 spiro atoms. The van der Waals surface area contributed by atoms with Crippen molar-refractivity contribution in [3.8, 4) is 0 Å². The molecule has 0 bridgehead atoms. The maximum atomic E-state index is 10.8. The summed E-state index contributed by atoms with van der Waals surface area (Å²) in [5, 5.41) is 4.40. The van der Waals surface area contributed by atoms with Crippen LogP contribution in [0.2, 0.25) is 0 Å². The van der Waals surface area contributed by atoms with Gasteiger partial charge in [0.2, 0.25) is 0 Å². The highest BCUT2D eigenvalue weighted by atomic mass is 16.1. The maximum Gasteiger partial charge on any atom is 0.153 e. The summed E-state index contributed by atoms with van der Waals surface area (Å²) in [6, 6.07) is 0. The lowest BCUT2D eigenvalue weighted by molar-refractivity contribution is 0.112. The molecule has 0 saturated carbocycles. The molecule has 0 fully saturated rings. The molecule has 3 heteroatoms. The Hall–Kier alpha value is -1.38. The topological polar surface area (TPSA) is 34.9 Å². The fourth-order valence-corrected chi connectivity index (χ4v) is 2.13. The highest BCUT2D eigenvalue weighted by Crippen LogP contribution is 2.21. The highest BCUT2D eigenvalue weighted by molar-refractivity contribution is 5.77. The van der Waals surface area contributed by atoms with Gasteiger partial charge in [-0.2, -0.15) is 5.10 Å². The molecule has 1 heterocycles. The number of aryl methyl sites for hydroxylation is 1. The molecule has 1 aromatic heterocycles. The average molecular weight is 204 g/mol. The van der Waals surface area contributed by atoms with Crippen molar-refractivity contribution in [3.63, 3.8) is 0 Å². The zero-order valence-electron chi connectivity index (χ0n) is 9.23. The van der Waals surface area contributed by atoms with Crippen LogP contribution in [-0.4, -0.2) is 16.1 Å². The quantitative estimate of drug-likeness (QED) is 0.559. The minimum absolute atomic E-state index is 0.655. The number of rotatable bonds is 3. The Morgan fingerprint density at radius 3 is 2.67 bits per heavy atom. The normalized spacial score (nSPS) is 16.1. The van der Waals surface area contributed by atoms with Crippen molar-refractivity contribution in [3.05, 3.63) is 29.1 Å². The van der Waals surface area contributed by atoms with Gasteiger partial charge < -0.3 is 0 Å². The van der Waals surface area contributed by atoms with E-state index in [0.29, 0.717) is 5.92 Å². The summed E-state index contributed by atoms with van der Waals surface area (Å²) in [5.74, 6) is 0.655. The van der Waals surface area contributed by atoms with E-state index in [1.165, 1.54) is 0 Å². The van der Waals surface area contributed by atoms with Gasteiger partial charge in [-0.15, -0.1) is 0 Å². The monoisotopic (exact) mass is 204 g/mol. The van der Waals surface area contributed by atoms with Gasteiger partial charge >= 0.3 is 0 Å². The van der Waals surface area contributed by atoms with E-state index >= 15 is 0 Å². The van der Waals surface area contributed by atoms with Gasteiger partial charge in [-0.3, -0.25) is 9.48 Å². The molecule has 0 N–H and O–H groups in total. The van der Waals surface area contributed by atoms with E-state index in [4.69, 9.17) is 0 Å². The first-order chi connectivity index (χ1) is 7.22. The van der Waals surface area contributed by atoms with Crippen LogP contribution in [0.3, 0.4) is 0 Å². The van der Waals surface area contributed by atoms with E-state index in [1.54, 1.807) is 0 Å². The summed E-state index contributed by atoms with van der Waals surface area (Å²) in [6.45, 7) is 4.78. The van der Waals surface area contributed by atoms with Gasteiger partial charge in [-0.05, 0) is 32.6 Å². The Morgan fingerprint density at radius 1 is 1.47 bits per heavy atom. The van der Waals surface area contributed by atoms with Crippen molar-refractivity contribution in [2.45, 2.75) is 33.2 Å². The third-order valence-electron chi connectivity index (χ3n) is 3.09. The highest BCUT2D eigenvalue weighted by Gasteiger charge is 2.15. The van der Waals surface area contributed by atoms with Gasteiger partial charge in [0, 0.05) is 12.2 Å². The summed E-state index contributed by atoms with van der Waals surface area (Å²) in [5.41, 5.74) is 2.59. The van der Waals surface area contributed by atoms with Gasteiger partial charge in [-0.25, -0.2) is 0 Å². The molecule has 1 aromatic rings.